The van der Waals surface area contributed by atoms with E-state index in [2.05, 4.69) is 0 Å². The summed E-state index contributed by atoms with van der Waals surface area (Å²) in [5.41, 5.74) is 0. The Morgan fingerprint density at radius 2 is 1.67 bits per heavy atom. The topological polar surface area (TPSA) is 40.5 Å². The van der Waals surface area contributed by atoms with Gasteiger partial charge in [0, 0.05) is 0 Å². The fourth-order valence-electron chi connectivity index (χ4n) is 0. The maximum absolute atomic E-state index is 10.8. The Kier molecular flexibility index (Phi) is 1.43. The number of rotatable bonds is 1. The number of aliphatic hydroxyl groups is 2. The molecule has 38 valence electrons. The normalized spacial score (nSPS) is 12.0. The van der Waals surface area contributed by atoms with E-state index in [1.54, 1.807) is 0 Å². The first-order valence-electron chi connectivity index (χ1n) is 1.27. The largest absolute Gasteiger partial charge is 0.387 e. The number of alkyl halides is 2. The third-order valence-corrected chi connectivity index (χ3v) is 0.190. The van der Waals surface area contributed by atoms with Gasteiger partial charge < -0.3 is 10.2 Å². The van der Waals surface area contributed by atoms with Crippen LogP contribution in [0.3, 0.4) is 0 Å². The molecule has 0 aliphatic heterocycles. The average molecular weight is 98.0 g/mol. The average Bonchev–Trinajstić information content (AvgIpc) is 1.35. The minimum absolute atomic E-state index is 1.51. The smallest absolute Gasteiger partial charge is 0.376 e. The van der Waals surface area contributed by atoms with Gasteiger partial charge in [-0.3, -0.25) is 0 Å². The van der Waals surface area contributed by atoms with Crippen molar-refractivity contribution in [1.29, 1.82) is 0 Å². The van der Waals surface area contributed by atoms with Crippen molar-refractivity contribution < 1.29 is 19.0 Å². The molecular formula is C2H4F2O2. The molecule has 0 spiro atoms. The zero-order valence-corrected chi connectivity index (χ0v) is 2.86. The lowest BCUT2D eigenvalue weighted by Gasteiger charge is -1.99. The van der Waals surface area contributed by atoms with E-state index in [1.165, 1.54) is 0 Å². The van der Waals surface area contributed by atoms with Crippen LogP contribution in [-0.2, 0) is 0 Å². The second-order valence-corrected chi connectivity index (χ2v) is 0.824. The number of aliphatic hydroxyl groups excluding tert-OH is 1. The van der Waals surface area contributed by atoms with Gasteiger partial charge in [0.2, 0.25) is 0 Å². The van der Waals surface area contributed by atoms with E-state index in [4.69, 9.17) is 10.2 Å². The van der Waals surface area contributed by atoms with Crippen molar-refractivity contribution >= 4 is 0 Å². The van der Waals surface area contributed by atoms with Crippen LogP contribution in [0.15, 0.2) is 0 Å². The summed E-state index contributed by atoms with van der Waals surface area (Å²) in [6.45, 7) is -1.51. The Balaban J connectivity index is 3.17. The Morgan fingerprint density at radius 3 is 1.67 bits per heavy atom. The van der Waals surface area contributed by atoms with Crippen molar-refractivity contribution in [3.63, 3.8) is 0 Å². The number of hydrogen-bond acceptors (Lipinski definition) is 2. The Bertz CT molecular complexity index is 39.3. The lowest BCUT2D eigenvalue weighted by Crippen LogP contribution is -2.19. The van der Waals surface area contributed by atoms with Gasteiger partial charge in [0.15, 0.2) is 0 Å². The minimum atomic E-state index is -3.90. The zero-order chi connectivity index (χ0) is 5.21. The van der Waals surface area contributed by atoms with Crippen LogP contribution in [0.5, 0.6) is 0 Å². The molecule has 2 N–H and O–H groups in total. The monoisotopic (exact) mass is 98.0 g/mol. The Morgan fingerprint density at radius 1 is 1.50 bits per heavy atom. The van der Waals surface area contributed by atoms with Gasteiger partial charge in [-0.1, -0.05) is 0 Å². The van der Waals surface area contributed by atoms with Crippen LogP contribution in [-0.4, -0.2) is 22.9 Å². The first-order valence-corrected chi connectivity index (χ1v) is 1.27. The van der Waals surface area contributed by atoms with Crippen molar-refractivity contribution in [2.45, 2.75) is 6.11 Å². The standard InChI is InChI=1S/C2H4F2O2/c3-2(4,6)1-5/h5-6H,1H2. The molecule has 0 saturated carbocycles. The molecule has 0 heterocycles. The predicted molar refractivity (Wildman–Crippen MR) is 14.3 cm³/mol. The molecule has 0 fully saturated rings. The quantitative estimate of drug-likeness (QED) is 0.467. The highest BCUT2D eigenvalue weighted by molar-refractivity contribution is 4.37. The molecule has 0 aliphatic rings. The van der Waals surface area contributed by atoms with E-state index in [0.717, 1.165) is 0 Å². The number of hydrogen-bond donors (Lipinski definition) is 2. The van der Waals surface area contributed by atoms with Gasteiger partial charge in [-0.2, -0.15) is 8.78 Å². The summed E-state index contributed by atoms with van der Waals surface area (Å²) in [6, 6.07) is 0. The van der Waals surface area contributed by atoms with Crippen molar-refractivity contribution in [2.24, 2.45) is 0 Å². The fraction of sp³-hybridized carbons (Fsp3) is 1.00. The van der Waals surface area contributed by atoms with Gasteiger partial charge in [-0.25, -0.2) is 0 Å². The molecule has 0 radical (unpaired) electrons. The van der Waals surface area contributed by atoms with Gasteiger partial charge in [-0.15, -0.1) is 0 Å². The number of halogens is 2. The molecule has 4 heteroatoms. The van der Waals surface area contributed by atoms with Crippen molar-refractivity contribution in [2.75, 3.05) is 6.61 Å². The third kappa shape index (κ3) is 3.78. The first-order chi connectivity index (χ1) is 2.56. The van der Waals surface area contributed by atoms with E-state index < -0.39 is 12.7 Å². The molecule has 0 aromatic rings. The maximum atomic E-state index is 10.8. The van der Waals surface area contributed by atoms with E-state index in [9.17, 15) is 8.78 Å². The van der Waals surface area contributed by atoms with Crippen molar-refractivity contribution in [1.82, 2.24) is 0 Å². The Labute approximate surface area is 33.0 Å². The van der Waals surface area contributed by atoms with Crippen LogP contribution in [0.4, 0.5) is 8.78 Å². The third-order valence-electron chi connectivity index (χ3n) is 0.190. The molecule has 0 saturated heterocycles. The van der Waals surface area contributed by atoms with Crippen molar-refractivity contribution in [3.05, 3.63) is 0 Å². The predicted octanol–water partition coefficient (Wildman–Crippen LogP) is -0.436. The van der Waals surface area contributed by atoms with Gasteiger partial charge in [0.1, 0.15) is 6.61 Å². The van der Waals surface area contributed by atoms with Crippen LogP contribution in [0.25, 0.3) is 0 Å². The Hall–Kier alpha value is -0.220. The molecular weight excluding hydrogens is 94.0 g/mol. The zero-order valence-electron chi connectivity index (χ0n) is 2.86. The summed E-state index contributed by atoms with van der Waals surface area (Å²) in [5, 5.41) is 14.6. The van der Waals surface area contributed by atoms with E-state index >= 15 is 0 Å². The van der Waals surface area contributed by atoms with Crippen LogP contribution < -0.4 is 0 Å². The van der Waals surface area contributed by atoms with E-state index in [1.807, 2.05) is 0 Å². The first kappa shape index (κ1) is 5.78. The van der Waals surface area contributed by atoms with Crippen LogP contribution in [0, 0.1) is 0 Å². The highest BCUT2D eigenvalue weighted by atomic mass is 19.3. The molecule has 2 nitrogen and oxygen atoms in total. The maximum Gasteiger partial charge on any atom is 0.376 e. The molecule has 0 aromatic heterocycles. The molecule has 0 rings (SSSR count). The summed E-state index contributed by atoms with van der Waals surface area (Å²) in [5.74, 6) is 0. The van der Waals surface area contributed by atoms with Gasteiger partial charge in [0.05, 0.1) is 0 Å². The summed E-state index contributed by atoms with van der Waals surface area (Å²) >= 11 is 0. The summed E-state index contributed by atoms with van der Waals surface area (Å²) in [6.07, 6.45) is -3.90. The SMILES string of the molecule is OCC(O)(F)F. The molecule has 0 atom stereocenters. The molecule has 0 aliphatic carbocycles. The second kappa shape index (κ2) is 1.49. The van der Waals surface area contributed by atoms with Gasteiger partial charge in [-0.05, 0) is 0 Å². The molecule has 0 bridgehead atoms. The summed E-state index contributed by atoms with van der Waals surface area (Å²) in [4.78, 5) is 0. The minimum Gasteiger partial charge on any atom is -0.387 e. The molecule has 0 unspecified atom stereocenters. The lowest BCUT2D eigenvalue weighted by atomic mass is 10.7. The molecule has 6 heavy (non-hydrogen) atoms. The summed E-state index contributed by atoms with van der Waals surface area (Å²) in [7, 11) is 0. The van der Waals surface area contributed by atoms with Crippen LogP contribution >= 0.6 is 0 Å². The molecule has 0 amide bonds. The van der Waals surface area contributed by atoms with Gasteiger partial charge in [0.25, 0.3) is 0 Å². The highest BCUT2D eigenvalue weighted by Crippen LogP contribution is 2.03. The van der Waals surface area contributed by atoms with Crippen LogP contribution in [0.2, 0.25) is 0 Å². The summed E-state index contributed by atoms with van der Waals surface area (Å²) < 4.78 is 21.5. The fourth-order valence-corrected chi connectivity index (χ4v) is 0. The highest BCUT2D eigenvalue weighted by Gasteiger charge is 2.21. The lowest BCUT2D eigenvalue weighted by molar-refractivity contribution is -0.221. The van der Waals surface area contributed by atoms with E-state index in [0.29, 0.717) is 0 Å². The van der Waals surface area contributed by atoms with Gasteiger partial charge >= 0.3 is 6.11 Å². The second-order valence-electron chi connectivity index (χ2n) is 0.824. The molecule has 0 aromatic carbocycles. The van der Waals surface area contributed by atoms with Crippen LogP contribution in [0.1, 0.15) is 0 Å². The van der Waals surface area contributed by atoms with Crippen molar-refractivity contribution in [3.8, 4) is 0 Å². The van der Waals surface area contributed by atoms with E-state index in [-0.39, 0.29) is 0 Å².